The smallest absolute Gasteiger partial charge is 0.252 e. The number of carbonyl (C=O) groups excluding carboxylic acids is 1. The summed E-state index contributed by atoms with van der Waals surface area (Å²) in [7, 11) is 0. The predicted molar refractivity (Wildman–Crippen MR) is 79.3 cm³/mol. The number of nitrogens with one attached hydrogen (secondary N) is 1. The molecule has 2 nitrogen and oxygen atoms in total. The quantitative estimate of drug-likeness (QED) is 0.752. The average molecular weight is 265 g/mol. The first kappa shape index (κ1) is 15.1. The lowest BCUT2D eigenvalue weighted by Gasteiger charge is -2.16. The van der Waals surface area contributed by atoms with Gasteiger partial charge < -0.3 is 5.32 Å². The van der Waals surface area contributed by atoms with Crippen molar-refractivity contribution >= 4 is 17.7 Å². The van der Waals surface area contributed by atoms with E-state index in [2.05, 4.69) is 26.1 Å². The second-order valence-electron chi connectivity index (χ2n) is 4.33. The molecule has 0 radical (unpaired) electrons. The fourth-order valence-electron chi connectivity index (χ4n) is 1.75. The second-order valence-corrected chi connectivity index (χ2v) is 5.47. The van der Waals surface area contributed by atoms with E-state index < -0.39 is 0 Å². The summed E-state index contributed by atoms with van der Waals surface area (Å²) in [5.74, 6) is 1.11. The number of hydrogen-bond acceptors (Lipinski definition) is 2. The molecule has 0 heterocycles. The van der Waals surface area contributed by atoms with Gasteiger partial charge in [-0.3, -0.25) is 4.79 Å². The minimum atomic E-state index is 0.0582. The first-order chi connectivity index (χ1) is 8.72. The molecule has 1 aromatic rings. The SMILES string of the molecule is CCCSc1ccccc1C(=O)NC(CC)CC. The minimum Gasteiger partial charge on any atom is -0.349 e. The van der Waals surface area contributed by atoms with Crippen molar-refractivity contribution in [2.45, 2.75) is 51.0 Å². The molecule has 1 amide bonds. The molecule has 1 rings (SSSR count). The maximum Gasteiger partial charge on any atom is 0.252 e. The molecule has 0 aliphatic heterocycles. The van der Waals surface area contributed by atoms with E-state index in [4.69, 9.17) is 0 Å². The summed E-state index contributed by atoms with van der Waals surface area (Å²) in [6.45, 7) is 6.36. The topological polar surface area (TPSA) is 29.1 Å². The fourth-order valence-corrected chi connectivity index (χ4v) is 2.66. The summed E-state index contributed by atoms with van der Waals surface area (Å²) >= 11 is 1.76. The first-order valence-corrected chi connectivity index (χ1v) is 7.74. The van der Waals surface area contributed by atoms with Gasteiger partial charge in [0.15, 0.2) is 0 Å². The maximum atomic E-state index is 12.2. The Kier molecular flexibility index (Phi) is 6.88. The molecule has 100 valence electrons. The van der Waals surface area contributed by atoms with E-state index in [-0.39, 0.29) is 11.9 Å². The Balaban J connectivity index is 2.77. The Morgan fingerprint density at radius 1 is 1.22 bits per heavy atom. The molecule has 0 bridgehead atoms. The third kappa shape index (κ3) is 4.37. The molecule has 0 spiro atoms. The van der Waals surface area contributed by atoms with E-state index in [0.29, 0.717) is 0 Å². The van der Waals surface area contributed by atoms with Crippen LogP contribution in [0.15, 0.2) is 29.2 Å². The Morgan fingerprint density at radius 2 is 1.89 bits per heavy atom. The second kappa shape index (κ2) is 8.20. The zero-order valence-corrected chi connectivity index (χ0v) is 12.3. The van der Waals surface area contributed by atoms with Crippen molar-refractivity contribution in [2.75, 3.05) is 5.75 Å². The molecule has 0 unspecified atom stereocenters. The van der Waals surface area contributed by atoms with Crippen molar-refractivity contribution in [1.82, 2.24) is 5.32 Å². The van der Waals surface area contributed by atoms with Crippen LogP contribution in [0.1, 0.15) is 50.4 Å². The van der Waals surface area contributed by atoms with Crippen LogP contribution in [-0.4, -0.2) is 17.7 Å². The molecule has 18 heavy (non-hydrogen) atoms. The Labute approximate surface area is 115 Å². The van der Waals surface area contributed by atoms with Gasteiger partial charge in [0.2, 0.25) is 0 Å². The van der Waals surface area contributed by atoms with Crippen molar-refractivity contribution in [3.05, 3.63) is 29.8 Å². The molecule has 0 fully saturated rings. The molecule has 0 aliphatic rings. The molecule has 0 saturated carbocycles. The van der Waals surface area contributed by atoms with Crippen molar-refractivity contribution in [3.8, 4) is 0 Å². The largest absolute Gasteiger partial charge is 0.349 e. The molecule has 1 aromatic carbocycles. The van der Waals surface area contributed by atoms with Crippen LogP contribution in [0, 0.1) is 0 Å². The van der Waals surface area contributed by atoms with Gasteiger partial charge in [-0.1, -0.05) is 32.9 Å². The summed E-state index contributed by atoms with van der Waals surface area (Å²) in [6, 6.07) is 8.14. The Morgan fingerprint density at radius 3 is 2.50 bits per heavy atom. The van der Waals surface area contributed by atoms with Crippen LogP contribution in [0.5, 0.6) is 0 Å². The highest BCUT2D eigenvalue weighted by Gasteiger charge is 2.13. The number of amides is 1. The van der Waals surface area contributed by atoms with Gasteiger partial charge in [0.1, 0.15) is 0 Å². The van der Waals surface area contributed by atoms with Crippen molar-refractivity contribution in [2.24, 2.45) is 0 Å². The lowest BCUT2D eigenvalue weighted by molar-refractivity contribution is 0.0932. The number of carbonyl (C=O) groups is 1. The van der Waals surface area contributed by atoms with Gasteiger partial charge in [-0.05, 0) is 37.1 Å². The lowest BCUT2D eigenvalue weighted by atomic mass is 10.1. The number of rotatable bonds is 7. The van der Waals surface area contributed by atoms with Crippen LogP contribution in [0.25, 0.3) is 0 Å². The monoisotopic (exact) mass is 265 g/mol. The van der Waals surface area contributed by atoms with Gasteiger partial charge in [-0.25, -0.2) is 0 Å². The summed E-state index contributed by atoms with van der Waals surface area (Å²) in [6.07, 6.45) is 3.08. The summed E-state index contributed by atoms with van der Waals surface area (Å²) in [4.78, 5) is 13.3. The summed E-state index contributed by atoms with van der Waals surface area (Å²) in [5, 5.41) is 3.10. The van der Waals surface area contributed by atoms with Crippen LogP contribution in [0.2, 0.25) is 0 Å². The van der Waals surface area contributed by atoms with E-state index >= 15 is 0 Å². The van der Waals surface area contributed by atoms with Gasteiger partial charge in [0, 0.05) is 10.9 Å². The molecular formula is C15H23NOS. The third-order valence-corrected chi connectivity index (χ3v) is 4.19. The molecule has 1 N–H and O–H groups in total. The zero-order chi connectivity index (χ0) is 13.4. The van der Waals surface area contributed by atoms with Crippen molar-refractivity contribution < 1.29 is 4.79 Å². The van der Waals surface area contributed by atoms with Crippen LogP contribution in [0.4, 0.5) is 0 Å². The average Bonchev–Trinajstić information content (AvgIpc) is 2.42. The first-order valence-electron chi connectivity index (χ1n) is 6.75. The zero-order valence-electron chi connectivity index (χ0n) is 11.5. The van der Waals surface area contributed by atoms with Crippen molar-refractivity contribution in [3.63, 3.8) is 0 Å². The highest BCUT2D eigenvalue weighted by molar-refractivity contribution is 7.99. The van der Waals surface area contributed by atoms with Crippen LogP contribution < -0.4 is 5.32 Å². The normalized spacial score (nSPS) is 10.7. The number of thioether (sulfide) groups is 1. The van der Waals surface area contributed by atoms with Crippen LogP contribution in [-0.2, 0) is 0 Å². The van der Waals surface area contributed by atoms with Crippen molar-refractivity contribution in [1.29, 1.82) is 0 Å². The summed E-state index contributed by atoms with van der Waals surface area (Å²) in [5.41, 5.74) is 0.808. The lowest BCUT2D eigenvalue weighted by Crippen LogP contribution is -2.34. The Bertz CT molecular complexity index is 375. The fraction of sp³-hybridized carbons (Fsp3) is 0.533. The third-order valence-electron chi connectivity index (χ3n) is 2.91. The molecule has 0 aromatic heterocycles. The van der Waals surface area contributed by atoms with E-state index in [1.165, 1.54) is 0 Å². The van der Waals surface area contributed by atoms with E-state index in [9.17, 15) is 4.79 Å². The molecule has 0 aliphatic carbocycles. The molecule has 3 heteroatoms. The van der Waals surface area contributed by atoms with E-state index in [1.54, 1.807) is 11.8 Å². The van der Waals surface area contributed by atoms with E-state index in [1.807, 2.05) is 24.3 Å². The molecule has 0 atom stereocenters. The van der Waals surface area contributed by atoms with Gasteiger partial charge in [-0.2, -0.15) is 0 Å². The van der Waals surface area contributed by atoms with E-state index in [0.717, 1.165) is 35.5 Å². The van der Waals surface area contributed by atoms with Crippen LogP contribution in [0.3, 0.4) is 0 Å². The highest BCUT2D eigenvalue weighted by Crippen LogP contribution is 2.23. The summed E-state index contributed by atoms with van der Waals surface area (Å²) < 4.78 is 0. The van der Waals surface area contributed by atoms with Crippen LogP contribution >= 0.6 is 11.8 Å². The van der Waals surface area contributed by atoms with Gasteiger partial charge in [0.05, 0.1) is 5.56 Å². The standard InChI is InChI=1S/C15H23NOS/c1-4-11-18-14-10-8-7-9-13(14)15(17)16-12(5-2)6-3/h7-10,12H,4-6,11H2,1-3H3,(H,16,17). The molecule has 0 saturated heterocycles. The van der Waals surface area contributed by atoms with Gasteiger partial charge in [-0.15, -0.1) is 11.8 Å². The highest BCUT2D eigenvalue weighted by atomic mass is 32.2. The number of benzene rings is 1. The minimum absolute atomic E-state index is 0.0582. The Hall–Kier alpha value is -0.960. The maximum absolute atomic E-state index is 12.2. The van der Waals surface area contributed by atoms with Gasteiger partial charge >= 0.3 is 0 Å². The predicted octanol–water partition coefficient (Wildman–Crippen LogP) is 4.11. The molecular weight excluding hydrogens is 242 g/mol. The van der Waals surface area contributed by atoms with Gasteiger partial charge in [0.25, 0.3) is 5.91 Å². The number of hydrogen-bond donors (Lipinski definition) is 1.